The Labute approximate surface area is 173 Å². The number of esters is 1. The fraction of sp³-hybridized carbons (Fsp3) is 0.286. The molecule has 0 atom stereocenters. The number of benzene rings is 2. The number of ether oxygens (including phenoxy) is 2. The topological polar surface area (TPSA) is 82.5 Å². The predicted octanol–water partition coefficient (Wildman–Crippen LogP) is 3.34. The van der Waals surface area contributed by atoms with Crippen molar-refractivity contribution < 1.29 is 19.1 Å². The molecule has 0 saturated heterocycles. The van der Waals surface area contributed by atoms with Crippen LogP contribution in [0.15, 0.2) is 48.5 Å². The molecular formula is C21H22ClN3O4. The lowest BCUT2D eigenvalue weighted by Gasteiger charge is -2.12. The van der Waals surface area contributed by atoms with Gasteiger partial charge in [-0.1, -0.05) is 23.7 Å². The number of halogens is 1. The molecule has 0 aliphatic carbocycles. The zero-order chi connectivity index (χ0) is 20.8. The molecule has 3 aromatic rings. The Hall–Kier alpha value is -3.06. The van der Waals surface area contributed by atoms with E-state index in [2.05, 4.69) is 10.3 Å². The van der Waals surface area contributed by atoms with E-state index < -0.39 is 5.97 Å². The summed E-state index contributed by atoms with van der Waals surface area (Å²) in [6.45, 7) is 3.52. The van der Waals surface area contributed by atoms with E-state index in [4.69, 9.17) is 21.1 Å². The molecule has 1 heterocycles. The Balaban J connectivity index is 1.71. The van der Waals surface area contributed by atoms with Crippen LogP contribution in [0.4, 0.5) is 0 Å². The van der Waals surface area contributed by atoms with Crippen molar-refractivity contribution >= 4 is 34.5 Å². The van der Waals surface area contributed by atoms with Crippen molar-refractivity contribution in [1.82, 2.24) is 14.9 Å². The third-order valence-corrected chi connectivity index (χ3v) is 4.27. The van der Waals surface area contributed by atoms with E-state index in [0.29, 0.717) is 16.6 Å². The second-order valence-corrected chi connectivity index (χ2v) is 7.10. The SMILES string of the molecule is CC(C)OC(=O)CNC(=O)Cn1c(COc2ccc(Cl)cc2)nc2ccccc21. The van der Waals surface area contributed by atoms with Gasteiger partial charge in [0.05, 0.1) is 17.1 Å². The molecule has 7 nitrogen and oxygen atoms in total. The summed E-state index contributed by atoms with van der Waals surface area (Å²) in [5, 5.41) is 3.20. The van der Waals surface area contributed by atoms with Crippen molar-refractivity contribution in [3.8, 4) is 5.75 Å². The average molecular weight is 416 g/mol. The maximum atomic E-state index is 12.4. The summed E-state index contributed by atoms with van der Waals surface area (Å²) in [6, 6.07) is 14.5. The van der Waals surface area contributed by atoms with Crippen LogP contribution in [0, 0.1) is 0 Å². The molecule has 0 radical (unpaired) electrons. The van der Waals surface area contributed by atoms with Gasteiger partial charge in [-0.15, -0.1) is 0 Å². The molecule has 0 spiro atoms. The van der Waals surface area contributed by atoms with E-state index in [1.807, 2.05) is 24.3 Å². The Morgan fingerprint density at radius 3 is 2.59 bits per heavy atom. The first-order valence-corrected chi connectivity index (χ1v) is 9.59. The highest BCUT2D eigenvalue weighted by molar-refractivity contribution is 6.30. The van der Waals surface area contributed by atoms with Crippen LogP contribution in [0.25, 0.3) is 11.0 Å². The maximum Gasteiger partial charge on any atom is 0.325 e. The molecule has 0 bridgehead atoms. The Kier molecular flexibility index (Phi) is 6.72. The zero-order valence-electron chi connectivity index (χ0n) is 16.2. The number of amides is 1. The summed E-state index contributed by atoms with van der Waals surface area (Å²) in [6.07, 6.45) is -0.228. The van der Waals surface area contributed by atoms with Crippen LogP contribution in [0.5, 0.6) is 5.75 Å². The third-order valence-electron chi connectivity index (χ3n) is 4.01. The molecule has 0 aliphatic rings. The number of fused-ring (bicyclic) bond motifs is 1. The molecule has 8 heteroatoms. The van der Waals surface area contributed by atoms with Crippen LogP contribution in [0.1, 0.15) is 19.7 Å². The minimum Gasteiger partial charge on any atom is -0.486 e. The summed E-state index contributed by atoms with van der Waals surface area (Å²) in [5.41, 5.74) is 1.57. The number of carbonyl (C=O) groups is 2. The van der Waals surface area contributed by atoms with Gasteiger partial charge in [-0.2, -0.15) is 0 Å². The molecule has 0 aliphatic heterocycles. The van der Waals surface area contributed by atoms with Crippen LogP contribution >= 0.6 is 11.6 Å². The molecule has 1 amide bonds. The van der Waals surface area contributed by atoms with Crippen molar-refractivity contribution in [2.45, 2.75) is 33.1 Å². The summed E-state index contributed by atoms with van der Waals surface area (Å²) < 4.78 is 12.6. The molecule has 0 unspecified atom stereocenters. The van der Waals surface area contributed by atoms with Gasteiger partial charge in [-0.3, -0.25) is 9.59 Å². The lowest BCUT2D eigenvalue weighted by atomic mass is 10.3. The molecule has 1 aromatic heterocycles. The first kappa shape index (κ1) is 20.7. The van der Waals surface area contributed by atoms with E-state index >= 15 is 0 Å². The van der Waals surface area contributed by atoms with Crippen LogP contribution in [0.3, 0.4) is 0 Å². The van der Waals surface area contributed by atoms with Gasteiger partial charge < -0.3 is 19.4 Å². The highest BCUT2D eigenvalue weighted by Crippen LogP contribution is 2.20. The highest BCUT2D eigenvalue weighted by atomic mass is 35.5. The monoisotopic (exact) mass is 415 g/mol. The van der Waals surface area contributed by atoms with E-state index in [1.165, 1.54) is 0 Å². The molecule has 29 heavy (non-hydrogen) atoms. The fourth-order valence-electron chi connectivity index (χ4n) is 2.77. The maximum absolute atomic E-state index is 12.4. The molecule has 0 saturated carbocycles. The number of carbonyl (C=O) groups excluding carboxylic acids is 2. The Morgan fingerprint density at radius 1 is 1.14 bits per heavy atom. The lowest BCUT2D eigenvalue weighted by Crippen LogP contribution is -2.34. The van der Waals surface area contributed by atoms with Crippen LogP contribution in [0.2, 0.25) is 5.02 Å². The molecule has 2 aromatic carbocycles. The van der Waals surface area contributed by atoms with Crippen LogP contribution in [-0.4, -0.2) is 34.1 Å². The van der Waals surface area contributed by atoms with Crippen molar-refractivity contribution in [2.24, 2.45) is 0 Å². The average Bonchev–Trinajstić information content (AvgIpc) is 3.03. The minimum absolute atomic E-state index is 0.00871. The number of nitrogens with zero attached hydrogens (tertiary/aromatic N) is 2. The Morgan fingerprint density at radius 2 is 1.86 bits per heavy atom. The van der Waals surface area contributed by atoms with Crippen molar-refractivity contribution in [3.63, 3.8) is 0 Å². The first-order valence-electron chi connectivity index (χ1n) is 9.21. The first-order chi connectivity index (χ1) is 13.9. The van der Waals surface area contributed by atoms with Crippen LogP contribution in [-0.2, 0) is 27.5 Å². The van der Waals surface area contributed by atoms with Gasteiger partial charge in [0.2, 0.25) is 5.91 Å². The highest BCUT2D eigenvalue weighted by Gasteiger charge is 2.15. The summed E-state index contributed by atoms with van der Waals surface area (Å²) in [7, 11) is 0. The van der Waals surface area contributed by atoms with Crippen molar-refractivity contribution in [2.75, 3.05) is 6.54 Å². The number of imidazole rings is 1. The van der Waals surface area contributed by atoms with Gasteiger partial charge in [0.15, 0.2) is 0 Å². The van der Waals surface area contributed by atoms with Gasteiger partial charge in [0.1, 0.15) is 31.3 Å². The number of hydrogen-bond acceptors (Lipinski definition) is 5. The quantitative estimate of drug-likeness (QED) is 0.570. The standard InChI is InChI=1S/C21H22ClN3O4/c1-14(2)29-21(27)11-23-20(26)12-25-18-6-4-3-5-17(18)24-19(25)13-28-16-9-7-15(22)8-10-16/h3-10,14H,11-13H2,1-2H3,(H,23,26). The smallest absolute Gasteiger partial charge is 0.325 e. The largest absolute Gasteiger partial charge is 0.486 e. The second-order valence-electron chi connectivity index (χ2n) is 6.66. The van der Waals surface area contributed by atoms with Gasteiger partial charge in [0, 0.05) is 5.02 Å². The third kappa shape index (κ3) is 5.71. The van der Waals surface area contributed by atoms with Gasteiger partial charge in [-0.05, 0) is 50.2 Å². The zero-order valence-corrected chi connectivity index (χ0v) is 17.0. The van der Waals surface area contributed by atoms with E-state index in [1.54, 1.807) is 42.7 Å². The summed E-state index contributed by atoms with van der Waals surface area (Å²) in [4.78, 5) is 28.6. The molecule has 0 fully saturated rings. The number of hydrogen-bond donors (Lipinski definition) is 1. The van der Waals surface area contributed by atoms with Gasteiger partial charge >= 0.3 is 5.97 Å². The molecular weight excluding hydrogens is 394 g/mol. The Bertz CT molecular complexity index is 999. The number of para-hydroxylation sites is 2. The molecule has 3 rings (SSSR count). The number of rotatable bonds is 8. The summed E-state index contributed by atoms with van der Waals surface area (Å²) in [5.74, 6) is 0.451. The predicted molar refractivity (Wildman–Crippen MR) is 110 cm³/mol. The molecule has 152 valence electrons. The number of nitrogens with one attached hydrogen (secondary N) is 1. The number of aromatic nitrogens is 2. The molecule has 1 N–H and O–H groups in total. The van der Waals surface area contributed by atoms with Crippen molar-refractivity contribution in [1.29, 1.82) is 0 Å². The lowest BCUT2D eigenvalue weighted by molar-refractivity contribution is -0.147. The van der Waals surface area contributed by atoms with E-state index in [-0.39, 0.29) is 31.7 Å². The van der Waals surface area contributed by atoms with E-state index in [0.717, 1.165) is 11.0 Å². The normalized spacial score (nSPS) is 10.9. The minimum atomic E-state index is -0.477. The fourth-order valence-corrected chi connectivity index (χ4v) is 2.89. The van der Waals surface area contributed by atoms with E-state index in [9.17, 15) is 9.59 Å². The van der Waals surface area contributed by atoms with Crippen molar-refractivity contribution in [3.05, 3.63) is 59.4 Å². The second kappa shape index (κ2) is 9.43. The van der Waals surface area contributed by atoms with Gasteiger partial charge in [-0.25, -0.2) is 4.98 Å². The van der Waals surface area contributed by atoms with Gasteiger partial charge in [0.25, 0.3) is 0 Å². The summed E-state index contributed by atoms with van der Waals surface area (Å²) >= 11 is 5.90. The van der Waals surface area contributed by atoms with Crippen LogP contribution < -0.4 is 10.1 Å².